The molecule has 16 heavy (non-hydrogen) atoms. The molecule has 0 saturated heterocycles. The molecule has 0 bridgehead atoms. The molecule has 0 fully saturated rings. The van der Waals surface area contributed by atoms with E-state index in [1.165, 1.54) is 16.3 Å². The molecule has 3 nitrogen and oxygen atoms in total. The Hall–Kier alpha value is -1.77. The van der Waals surface area contributed by atoms with Gasteiger partial charge in [-0.25, -0.2) is 0 Å². The van der Waals surface area contributed by atoms with Crippen LogP contribution in [0, 0.1) is 0 Å². The molecular formula is C13H15N3. The minimum absolute atomic E-state index is 0.0649. The number of rotatable bonds is 0. The summed E-state index contributed by atoms with van der Waals surface area (Å²) in [5.74, 6) is 0. The van der Waals surface area contributed by atoms with Crippen molar-refractivity contribution in [2.45, 2.75) is 26.3 Å². The van der Waals surface area contributed by atoms with Crippen molar-refractivity contribution in [1.82, 2.24) is 14.8 Å². The lowest BCUT2D eigenvalue weighted by Gasteiger charge is -2.21. The summed E-state index contributed by atoms with van der Waals surface area (Å²) < 4.78 is 2.19. The maximum atomic E-state index is 4.32. The molecule has 1 N–H and O–H groups in total. The lowest BCUT2D eigenvalue weighted by Crippen LogP contribution is -2.22. The molecule has 0 atom stereocenters. The quantitative estimate of drug-likeness (QED) is 0.611. The van der Waals surface area contributed by atoms with Gasteiger partial charge in [0.2, 0.25) is 0 Å². The van der Waals surface area contributed by atoms with Gasteiger partial charge in [-0.1, -0.05) is 0 Å². The third-order valence-electron chi connectivity index (χ3n) is 2.90. The van der Waals surface area contributed by atoms with E-state index in [1.54, 1.807) is 0 Å². The Morgan fingerprint density at radius 3 is 2.75 bits per heavy atom. The fourth-order valence-corrected chi connectivity index (χ4v) is 2.12. The van der Waals surface area contributed by atoms with Crippen LogP contribution in [0.2, 0.25) is 0 Å². The molecule has 2 heterocycles. The Morgan fingerprint density at radius 2 is 2.00 bits per heavy atom. The predicted molar refractivity (Wildman–Crippen MR) is 66.6 cm³/mol. The summed E-state index contributed by atoms with van der Waals surface area (Å²) in [6.07, 6.45) is 3.89. The van der Waals surface area contributed by atoms with Crippen LogP contribution in [-0.4, -0.2) is 14.8 Å². The Balaban J connectivity index is 2.40. The van der Waals surface area contributed by atoms with Crippen molar-refractivity contribution >= 4 is 21.8 Å². The van der Waals surface area contributed by atoms with Crippen LogP contribution >= 0.6 is 0 Å². The highest BCUT2D eigenvalue weighted by molar-refractivity contribution is 5.95. The van der Waals surface area contributed by atoms with Crippen LogP contribution in [0.4, 0.5) is 0 Å². The molecule has 82 valence electrons. The molecule has 0 aliphatic heterocycles. The molecule has 0 spiro atoms. The van der Waals surface area contributed by atoms with E-state index in [9.17, 15) is 0 Å². The number of aromatic amines is 1. The lowest BCUT2D eigenvalue weighted by atomic mass is 10.1. The molecular weight excluding hydrogens is 198 g/mol. The number of fused-ring (bicyclic) bond motifs is 2. The molecule has 3 rings (SSSR count). The highest BCUT2D eigenvalue weighted by Gasteiger charge is 2.16. The first-order chi connectivity index (χ1) is 7.55. The number of hydrogen-bond acceptors (Lipinski definition) is 1. The zero-order chi connectivity index (χ0) is 11.3. The zero-order valence-corrected chi connectivity index (χ0v) is 9.78. The van der Waals surface area contributed by atoms with Crippen LogP contribution in [-0.2, 0) is 5.54 Å². The van der Waals surface area contributed by atoms with E-state index in [4.69, 9.17) is 0 Å². The third-order valence-corrected chi connectivity index (χ3v) is 2.90. The minimum atomic E-state index is 0.0649. The molecule has 0 saturated carbocycles. The molecule has 0 aliphatic rings. The number of hydrogen-bond donors (Lipinski definition) is 1. The van der Waals surface area contributed by atoms with Gasteiger partial charge < -0.3 is 5.10 Å². The standard InChI is InChI=1S/C13H15N3/c1-13(2,3)16-12-7-9-4-5-14-11(9)6-10(12)8-15-16/h4-8,15H,1-3H3. The van der Waals surface area contributed by atoms with Crippen molar-refractivity contribution < 1.29 is 0 Å². The summed E-state index contributed by atoms with van der Waals surface area (Å²) in [4.78, 5) is 4.32. The van der Waals surface area contributed by atoms with Gasteiger partial charge in [-0.15, -0.1) is 0 Å². The molecule has 0 aliphatic carbocycles. The molecule has 0 unspecified atom stereocenters. The lowest BCUT2D eigenvalue weighted by molar-refractivity contribution is 0.368. The van der Waals surface area contributed by atoms with Crippen molar-refractivity contribution in [2.75, 3.05) is 0 Å². The summed E-state index contributed by atoms with van der Waals surface area (Å²) in [5.41, 5.74) is 2.36. The Bertz CT molecular complexity index is 652. The normalized spacial score (nSPS) is 12.7. The molecule has 2 aromatic heterocycles. The van der Waals surface area contributed by atoms with Gasteiger partial charge in [0.15, 0.2) is 0 Å². The van der Waals surface area contributed by atoms with Gasteiger partial charge in [-0.2, -0.15) is 0 Å². The average Bonchev–Trinajstić information content (AvgIpc) is 2.76. The summed E-state index contributed by atoms with van der Waals surface area (Å²) >= 11 is 0. The van der Waals surface area contributed by atoms with Crippen LogP contribution in [0.15, 0.2) is 30.6 Å². The average molecular weight is 213 g/mol. The van der Waals surface area contributed by atoms with Crippen LogP contribution in [0.1, 0.15) is 20.8 Å². The number of benzene rings is 1. The van der Waals surface area contributed by atoms with E-state index in [1.807, 2.05) is 12.4 Å². The summed E-state index contributed by atoms with van der Waals surface area (Å²) in [6, 6.07) is 6.37. The first kappa shape index (κ1) is 9.46. The highest BCUT2D eigenvalue weighted by Crippen LogP contribution is 2.25. The SMILES string of the molecule is CC(C)(C)n1[nH]cc2cc3nccc3cc21. The van der Waals surface area contributed by atoms with Crippen LogP contribution in [0.5, 0.6) is 0 Å². The van der Waals surface area contributed by atoms with Gasteiger partial charge in [0.1, 0.15) is 0 Å². The number of aromatic nitrogens is 3. The minimum Gasteiger partial charge on any atom is -0.304 e. The fourth-order valence-electron chi connectivity index (χ4n) is 2.12. The Labute approximate surface area is 94.1 Å². The van der Waals surface area contributed by atoms with Crippen LogP contribution in [0.3, 0.4) is 0 Å². The van der Waals surface area contributed by atoms with E-state index in [0.717, 1.165) is 5.52 Å². The Kier molecular flexibility index (Phi) is 1.70. The number of nitrogens with one attached hydrogen (secondary N) is 1. The fraction of sp³-hybridized carbons (Fsp3) is 0.308. The van der Waals surface area contributed by atoms with Crippen molar-refractivity contribution in [3.8, 4) is 0 Å². The van der Waals surface area contributed by atoms with Crippen molar-refractivity contribution in [2.24, 2.45) is 0 Å². The van der Waals surface area contributed by atoms with E-state index in [2.05, 4.69) is 53.7 Å². The second-order valence-electron chi connectivity index (χ2n) is 5.19. The first-order valence-electron chi connectivity index (χ1n) is 5.51. The third kappa shape index (κ3) is 1.24. The molecule has 3 aromatic rings. The molecule has 3 heteroatoms. The van der Waals surface area contributed by atoms with E-state index in [-0.39, 0.29) is 5.54 Å². The second-order valence-corrected chi connectivity index (χ2v) is 5.19. The van der Waals surface area contributed by atoms with Gasteiger partial charge in [-0.3, -0.25) is 9.67 Å². The van der Waals surface area contributed by atoms with Crippen molar-refractivity contribution in [3.63, 3.8) is 0 Å². The van der Waals surface area contributed by atoms with Gasteiger partial charge in [0.25, 0.3) is 0 Å². The highest BCUT2D eigenvalue weighted by atomic mass is 15.3. The van der Waals surface area contributed by atoms with E-state index in [0.29, 0.717) is 0 Å². The van der Waals surface area contributed by atoms with Crippen molar-refractivity contribution in [3.05, 3.63) is 30.6 Å². The summed E-state index contributed by atoms with van der Waals surface area (Å²) in [6.45, 7) is 6.57. The van der Waals surface area contributed by atoms with Gasteiger partial charge in [0, 0.05) is 23.2 Å². The van der Waals surface area contributed by atoms with E-state index >= 15 is 0 Å². The molecule has 0 radical (unpaired) electrons. The first-order valence-corrected chi connectivity index (χ1v) is 5.51. The monoisotopic (exact) mass is 213 g/mol. The zero-order valence-electron chi connectivity index (χ0n) is 9.78. The van der Waals surface area contributed by atoms with E-state index < -0.39 is 0 Å². The maximum Gasteiger partial charge on any atom is 0.0710 e. The topological polar surface area (TPSA) is 33.6 Å². The largest absolute Gasteiger partial charge is 0.304 e. The molecule has 0 amide bonds. The van der Waals surface area contributed by atoms with Crippen LogP contribution in [0.25, 0.3) is 21.8 Å². The van der Waals surface area contributed by atoms with Crippen molar-refractivity contribution in [1.29, 1.82) is 0 Å². The summed E-state index contributed by atoms with van der Waals surface area (Å²) in [5, 5.41) is 5.72. The predicted octanol–water partition coefficient (Wildman–Crippen LogP) is 3.27. The smallest absolute Gasteiger partial charge is 0.0710 e. The van der Waals surface area contributed by atoms with Gasteiger partial charge in [0.05, 0.1) is 16.6 Å². The second kappa shape index (κ2) is 2.88. The number of H-pyrrole nitrogens is 1. The Morgan fingerprint density at radius 1 is 1.19 bits per heavy atom. The van der Waals surface area contributed by atoms with Crippen LogP contribution < -0.4 is 0 Å². The van der Waals surface area contributed by atoms with Gasteiger partial charge >= 0.3 is 0 Å². The van der Waals surface area contributed by atoms with Gasteiger partial charge in [-0.05, 0) is 39.0 Å². The summed E-state index contributed by atoms with van der Waals surface area (Å²) in [7, 11) is 0. The maximum absolute atomic E-state index is 4.32. The molecule has 1 aromatic carbocycles. The number of nitrogens with zero attached hydrogens (tertiary/aromatic N) is 2.